The average molecular weight is 395 g/mol. The summed E-state index contributed by atoms with van der Waals surface area (Å²) < 4.78 is 2.21. The number of hydrogen-bond acceptors (Lipinski definition) is 4. The molecule has 5 nitrogen and oxygen atoms in total. The first-order valence-corrected chi connectivity index (χ1v) is 11.0. The summed E-state index contributed by atoms with van der Waals surface area (Å²) in [5.74, 6) is 1.61. The molecule has 2 aromatic rings. The fourth-order valence-corrected chi connectivity index (χ4v) is 5.49. The second-order valence-corrected chi connectivity index (χ2v) is 8.78. The van der Waals surface area contributed by atoms with Crippen LogP contribution in [0.1, 0.15) is 48.5 Å². The maximum Gasteiger partial charge on any atom is 0.245 e. The molecule has 1 aliphatic carbocycles. The van der Waals surface area contributed by atoms with Crippen molar-refractivity contribution in [1.29, 1.82) is 5.26 Å². The summed E-state index contributed by atoms with van der Waals surface area (Å²) in [7, 11) is 0. The number of aromatic nitrogens is 1. The van der Waals surface area contributed by atoms with Crippen molar-refractivity contribution in [3.8, 4) is 6.07 Å². The Morgan fingerprint density at radius 1 is 1.29 bits per heavy atom. The molecule has 1 aromatic carbocycles. The van der Waals surface area contributed by atoms with Gasteiger partial charge in [0.1, 0.15) is 11.9 Å². The number of amides is 1. The predicted molar refractivity (Wildman–Crippen MR) is 114 cm³/mol. The van der Waals surface area contributed by atoms with E-state index >= 15 is 0 Å². The summed E-state index contributed by atoms with van der Waals surface area (Å²) in [5.41, 5.74) is 3.79. The van der Waals surface area contributed by atoms with Gasteiger partial charge < -0.3 is 14.8 Å². The molecule has 1 aliphatic heterocycles. The molecule has 2 aliphatic rings. The van der Waals surface area contributed by atoms with E-state index in [9.17, 15) is 10.1 Å². The van der Waals surface area contributed by atoms with E-state index in [4.69, 9.17) is 0 Å². The highest BCUT2D eigenvalue weighted by Gasteiger charge is 2.27. The molecule has 1 aromatic heterocycles. The number of hydrogen-bond donors (Lipinski definition) is 1. The van der Waals surface area contributed by atoms with Gasteiger partial charge in [-0.15, -0.1) is 11.8 Å². The summed E-state index contributed by atoms with van der Waals surface area (Å²) in [4.78, 5) is 16.3. The molecule has 1 N–H and O–H groups in total. The van der Waals surface area contributed by atoms with Crippen LogP contribution in [-0.4, -0.2) is 29.3 Å². The smallest absolute Gasteiger partial charge is 0.245 e. The van der Waals surface area contributed by atoms with Gasteiger partial charge in [0, 0.05) is 28.9 Å². The Morgan fingerprint density at radius 2 is 2.04 bits per heavy atom. The second kappa shape index (κ2) is 7.92. The Hall–Kier alpha value is -2.39. The topological polar surface area (TPSA) is 61.1 Å². The molecule has 0 atom stereocenters. The quantitative estimate of drug-likeness (QED) is 0.820. The SMILES string of the molecule is Cc1c(C#N)c(NC(=O)CN2CCSc3ccccc32)n(C2CCCC2)c1C. The van der Waals surface area contributed by atoms with Crippen LogP contribution in [0.15, 0.2) is 29.2 Å². The van der Waals surface area contributed by atoms with Crippen molar-refractivity contribution in [2.45, 2.75) is 50.5 Å². The molecule has 6 heteroatoms. The van der Waals surface area contributed by atoms with Crippen molar-refractivity contribution in [3.05, 3.63) is 41.1 Å². The number of thioether (sulfide) groups is 1. The van der Waals surface area contributed by atoms with Crippen molar-refractivity contribution >= 4 is 29.2 Å². The molecule has 1 saturated carbocycles. The van der Waals surface area contributed by atoms with Gasteiger partial charge in [0.15, 0.2) is 0 Å². The van der Waals surface area contributed by atoms with Gasteiger partial charge in [-0.2, -0.15) is 5.26 Å². The number of nitrogens with one attached hydrogen (secondary N) is 1. The molecule has 2 heterocycles. The van der Waals surface area contributed by atoms with E-state index in [1.165, 1.54) is 17.7 Å². The van der Waals surface area contributed by atoms with E-state index in [1.807, 2.05) is 30.8 Å². The van der Waals surface area contributed by atoms with Crippen molar-refractivity contribution < 1.29 is 4.79 Å². The van der Waals surface area contributed by atoms with Crippen molar-refractivity contribution in [1.82, 2.24) is 4.57 Å². The van der Waals surface area contributed by atoms with Crippen LogP contribution in [0.3, 0.4) is 0 Å². The van der Waals surface area contributed by atoms with Crippen molar-refractivity contribution in [3.63, 3.8) is 0 Å². The number of benzene rings is 1. The predicted octanol–water partition coefficient (Wildman–Crippen LogP) is 4.64. The summed E-state index contributed by atoms with van der Waals surface area (Å²) in [6.45, 7) is 5.19. The van der Waals surface area contributed by atoms with Gasteiger partial charge in [0.05, 0.1) is 17.8 Å². The number of para-hydroxylation sites is 1. The minimum Gasteiger partial charge on any atom is -0.360 e. The van der Waals surface area contributed by atoms with E-state index in [-0.39, 0.29) is 5.91 Å². The molecule has 1 fully saturated rings. The first-order chi connectivity index (χ1) is 13.6. The molecule has 0 unspecified atom stereocenters. The maximum atomic E-state index is 13.0. The van der Waals surface area contributed by atoms with Crippen LogP contribution in [0.5, 0.6) is 0 Å². The van der Waals surface area contributed by atoms with Gasteiger partial charge in [0.25, 0.3) is 0 Å². The van der Waals surface area contributed by atoms with E-state index < -0.39 is 0 Å². The molecular formula is C22H26N4OS. The fraction of sp³-hybridized carbons (Fsp3) is 0.455. The summed E-state index contributed by atoms with van der Waals surface area (Å²) in [6.07, 6.45) is 4.64. The number of anilines is 2. The molecule has 0 radical (unpaired) electrons. The Morgan fingerprint density at radius 3 is 2.79 bits per heavy atom. The Labute approximate surface area is 170 Å². The highest BCUT2D eigenvalue weighted by Crippen LogP contribution is 2.38. The summed E-state index contributed by atoms with van der Waals surface area (Å²) in [6, 6.07) is 10.9. The normalized spacial score (nSPS) is 16.7. The summed E-state index contributed by atoms with van der Waals surface area (Å²) >= 11 is 1.83. The standard InChI is InChI=1S/C22H26N4OS/c1-15-16(2)26(17-7-3-4-8-17)22(18(15)13-23)24-21(27)14-25-11-12-28-20-10-6-5-9-19(20)25/h5-6,9-10,17H,3-4,7-8,11-12,14H2,1-2H3,(H,24,27). The van der Waals surface area contributed by atoms with Gasteiger partial charge in [0.2, 0.25) is 5.91 Å². The van der Waals surface area contributed by atoms with Crippen molar-refractivity contribution in [2.75, 3.05) is 29.1 Å². The third kappa shape index (κ3) is 3.40. The zero-order valence-corrected chi connectivity index (χ0v) is 17.3. The lowest BCUT2D eigenvalue weighted by Gasteiger charge is -2.30. The van der Waals surface area contributed by atoms with Crippen LogP contribution >= 0.6 is 11.8 Å². The lowest BCUT2D eigenvalue weighted by atomic mass is 10.2. The number of nitrogens with zero attached hydrogens (tertiary/aromatic N) is 3. The van der Waals surface area contributed by atoms with E-state index in [2.05, 4.69) is 39.9 Å². The first kappa shape index (κ1) is 18.9. The Balaban J connectivity index is 1.59. The van der Waals surface area contributed by atoms with E-state index in [0.717, 1.165) is 42.1 Å². The molecule has 146 valence electrons. The lowest BCUT2D eigenvalue weighted by Crippen LogP contribution is -2.37. The first-order valence-electron chi connectivity index (χ1n) is 9.98. The summed E-state index contributed by atoms with van der Waals surface area (Å²) in [5, 5.41) is 12.8. The third-order valence-electron chi connectivity index (χ3n) is 5.98. The highest BCUT2D eigenvalue weighted by molar-refractivity contribution is 7.99. The molecular weight excluding hydrogens is 368 g/mol. The maximum absolute atomic E-state index is 13.0. The Kier molecular flexibility index (Phi) is 5.36. The largest absolute Gasteiger partial charge is 0.360 e. The van der Waals surface area contributed by atoms with E-state index in [1.54, 1.807) is 0 Å². The highest BCUT2D eigenvalue weighted by atomic mass is 32.2. The number of carbonyl (C=O) groups excluding carboxylic acids is 1. The zero-order valence-electron chi connectivity index (χ0n) is 16.5. The van der Waals surface area contributed by atoms with Gasteiger partial charge in [-0.3, -0.25) is 4.79 Å². The molecule has 0 spiro atoms. The minimum atomic E-state index is -0.0602. The monoisotopic (exact) mass is 394 g/mol. The molecule has 0 bridgehead atoms. The van der Waals surface area contributed by atoms with Crippen LogP contribution in [0.4, 0.5) is 11.5 Å². The van der Waals surface area contributed by atoms with Crippen LogP contribution in [-0.2, 0) is 4.79 Å². The van der Waals surface area contributed by atoms with Gasteiger partial charge in [-0.05, 0) is 44.4 Å². The van der Waals surface area contributed by atoms with Crippen LogP contribution in [0, 0.1) is 25.2 Å². The van der Waals surface area contributed by atoms with E-state index in [0.29, 0.717) is 24.0 Å². The number of nitriles is 1. The molecule has 0 saturated heterocycles. The number of carbonyl (C=O) groups is 1. The Bertz CT molecular complexity index is 937. The van der Waals surface area contributed by atoms with Crippen LogP contribution in [0.2, 0.25) is 0 Å². The number of fused-ring (bicyclic) bond motifs is 1. The van der Waals surface area contributed by atoms with Gasteiger partial charge >= 0.3 is 0 Å². The van der Waals surface area contributed by atoms with Crippen molar-refractivity contribution in [2.24, 2.45) is 0 Å². The molecule has 1 amide bonds. The van der Waals surface area contributed by atoms with Gasteiger partial charge in [-0.1, -0.05) is 25.0 Å². The fourth-order valence-electron chi connectivity index (χ4n) is 4.44. The minimum absolute atomic E-state index is 0.0602. The molecule has 4 rings (SSSR count). The molecule has 28 heavy (non-hydrogen) atoms. The van der Waals surface area contributed by atoms with Gasteiger partial charge in [-0.25, -0.2) is 0 Å². The third-order valence-corrected chi connectivity index (χ3v) is 7.02. The van der Waals surface area contributed by atoms with Crippen LogP contribution < -0.4 is 10.2 Å². The zero-order chi connectivity index (χ0) is 19.7. The lowest BCUT2D eigenvalue weighted by molar-refractivity contribution is -0.115. The number of rotatable bonds is 4. The van der Waals surface area contributed by atoms with Crippen LogP contribution in [0.25, 0.3) is 0 Å². The second-order valence-electron chi connectivity index (χ2n) is 7.64. The average Bonchev–Trinajstić information content (AvgIpc) is 3.29.